The van der Waals surface area contributed by atoms with Crippen molar-refractivity contribution in [3.05, 3.63) is 107 Å². The summed E-state index contributed by atoms with van der Waals surface area (Å²) in [6.07, 6.45) is -0.944. The minimum atomic E-state index is -1.31. The highest BCUT2D eigenvalue weighted by Gasteiger charge is 2.29. The molecule has 18 nitrogen and oxygen atoms in total. The summed E-state index contributed by atoms with van der Waals surface area (Å²) >= 11 is 0. The number of benzene rings is 4. The number of ether oxygens (including phenoxy) is 1. The van der Waals surface area contributed by atoms with Crippen molar-refractivity contribution >= 4 is 69.2 Å². The number of carboxylic acid groups (broad SMARTS) is 2. The van der Waals surface area contributed by atoms with Gasteiger partial charge in [0.2, 0.25) is 11.8 Å². The Kier molecular flexibility index (Phi) is 23.0. The molecular weight excluding hydrogens is 872 g/mol. The first-order valence-electron chi connectivity index (χ1n) is 18.0. The first kappa shape index (κ1) is 55.8. The Morgan fingerprint density at radius 3 is 1.26 bits per heavy atom. The van der Waals surface area contributed by atoms with Crippen LogP contribution in [0.15, 0.2) is 84.9 Å². The van der Waals surface area contributed by atoms with Gasteiger partial charge in [-0.25, -0.2) is 14.4 Å². The van der Waals surface area contributed by atoms with Gasteiger partial charge in [0.05, 0.1) is 6.04 Å². The molecule has 0 bridgehead atoms. The predicted molar refractivity (Wildman–Crippen MR) is 239 cm³/mol. The van der Waals surface area contributed by atoms with Crippen molar-refractivity contribution in [1.29, 1.82) is 0 Å². The number of aromatic hydroxyl groups is 6. The van der Waals surface area contributed by atoms with Crippen LogP contribution in [0.2, 0.25) is 0 Å². The van der Waals surface area contributed by atoms with Gasteiger partial charge in [0.25, 0.3) is 0 Å². The highest BCUT2D eigenvalue weighted by Crippen LogP contribution is 2.26. The van der Waals surface area contributed by atoms with Crippen molar-refractivity contribution in [2.45, 2.75) is 76.2 Å². The largest absolute Gasteiger partial charge is 0.508 e. The number of aliphatic carboxylic acids is 2. The van der Waals surface area contributed by atoms with E-state index in [1.165, 1.54) is 72.8 Å². The Morgan fingerprint density at radius 2 is 0.887 bits per heavy atom. The Morgan fingerprint density at radius 1 is 0.532 bits per heavy atom. The van der Waals surface area contributed by atoms with E-state index in [0.717, 1.165) is 0 Å². The standard InChI is InChI=1S/C23H28N2O8.C18H20N2O6.ClH.2H2S/c1-23(2,3)33-22(32)25-16(11-14-6-9-18(27)19(28)12-14)20(29)24-17(21(30)31)10-13-4-7-15(26)8-5-13;19-13(7-11-3-6-15(22)16(23)9-11)17(24)20-14(18(25)26)8-10-1-4-12(21)5-2-10;;;/h4-9,12,16-17,26-28H,10-11H2,1-3H3,(H,24,29)(H,25,32)(H,30,31);1-6,9,13-14,21-23H,7-8,19H2,(H,20,24)(H,25,26);1H;2*1H2/t16-,17-;13-,14-;;;/m00.../s1. The average Bonchev–Trinajstić information content (AvgIpc) is 3.14. The Labute approximate surface area is 377 Å². The van der Waals surface area contributed by atoms with Gasteiger partial charge in [-0.2, -0.15) is 27.0 Å². The van der Waals surface area contributed by atoms with Crippen molar-refractivity contribution in [1.82, 2.24) is 16.0 Å². The third kappa shape index (κ3) is 19.0. The molecule has 0 aliphatic rings. The minimum absolute atomic E-state index is 0. The van der Waals surface area contributed by atoms with Crippen molar-refractivity contribution in [3.8, 4) is 34.5 Å². The molecule has 340 valence electrons. The Balaban J connectivity index is 0.00000117. The number of nitrogens with two attached hydrogens (primary N) is 1. The van der Waals surface area contributed by atoms with Gasteiger partial charge in [0.1, 0.15) is 35.2 Å². The van der Waals surface area contributed by atoms with Crippen LogP contribution < -0.4 is 21.7 Å². The molecule has 4 atom stereocenters. The molecule has 0 aliphatic heterocycles. The number of phenolic OH excluding ortho intramolecular Hbond substituents is 6. The molecule has 4 rings (SSSR count). The summed E-state index contributed by atoms with van der Waals surface area (Å²) < 4.78 is 5.20. The number of carbonyl (C=O) groups is 5. The second-order valence-electron chi connectivity index (χ2n) is 14.4. The molecule has 4 aromatic rings. The Bertz CT molecular complexity index is 2110. The fourth-order valence-corrected chi connectivity index (χ4v) is 5.32. The van der Waals surface area contributed by atoms with E-state index in [9.17, 15) is 64.8 Å². The number of carbonyl (C=O) groups excluding carboxylic acids is 3. The zero-order chi connectivity index (χ0) is 44.0. The van der Waals surface area contributed by atoms with E-state index in [-0.39, 0.29) is 93.8 Å². The van der Waals surface area contributed by atoms with Crippen LogP contribution in [0.1, 0.15) is 43.0 Å². The second kappa shape index (κ2) is 25.5. The number of phenols is 6. The molecule has 0 aliphatic carbocycles. The van der Waals surface area contributed by atoms with E-state index in [2.05, 4.69) is 16.0 Å². The molecule has 0 saturated heterocycles. The lowest BCUT2D eigenvalue weighted by atomic mass is 10.0. The van der Waals surface area contributed by atoms with E-state index < -0.39 is 65.4 Å². The lowest BCUT2D eigenvalue weighted by molar-refractivity contribution is -0.142. The van der Waals surface area contributed by atoms with Crippen molar-refractivity contribution in [2.75, 3.05) is 0 Å². The van der Waals surface area contributed by atoms with Gasteiger partial charge in [-0.3, -0.25) is 9.59 Å². The van der Waals surface area contributed by atoms with Gasteiger partial charge in [0.15, 0.2) is 23.0 Å². The SMILES string of the molecule is CC(C)(C)OC(=O)N[C@@H](Cc1ccc(O)c(O)c1)C(=O)N[C@@H](Cc1ccc(O)cc1)C(=O)O.Cl.N[C@@H](Cc1ccc(O)c(O)c1)C(=O)N[C@@H](Cc1ccc(O)cc1)C(=O)O.S.S. The van der Waals surface area contributed by atoms with Gasteiger partial charge in [-0.05, 0) is 98.0 Å². The fraction of sp³-hybridized carbons (Fsp3) is 0.293. The van der Waals surface area contributed by atoms with Gasteiger partial charge in [-0.15, -0.1) is 12.4 Å². The summed E-state index contributed by atoms with van der Waals surface area (Å²) in [6, 6.07) is 15.1. The number of nitrogens with one attached hydrogen (secondary N) is 3. The van der Waals surface area contributed by atoms with Gasteiger partial charge < -0.3 is 67.3 Å². The van der Waals surface area contributed by atoms with Crippen molar-refractivity contribution in [2.24, 2.45) is 5.73 Å². The summed E-state index contributed by atoms with van der Waals surface area (Å²) in [5.74, 6) is -5.20. The molecule has 21 heteroatoms. The summed E-state index contributed by atoms with van der Waals surface area (Å²) in [6.45, 7) is 4.95. The predicted octanol–water partition coefficient (Wildman–Crippen LogP) is 3.18. The van der Waals surface area contributed by atoms with Crippen LogP contribution >= 0.6 is 39.4 Å². The summed E-state index contributed by atoms with van der Waals surface area (Å²) in [4.78, 5) is 60.6. The first-order valence-corrected chi connectivity index (χ1v) is 18.0. The van der Waals surface area contributed by atoms with E-state index in [4.69, 9.17) is 10.5 Å². The van der Waals surface area contributed by atoms with Crippen molar-refractivity contribution < 1.29 is 69.6 Å². The number of halogens is 1. The molecule has 0 heterocycles. The maximum absolute atomic E-state index is 13.0. The smallest absolute Gasteiger partial charge is 0.408 e. The van der Waals surface area contributed by atoms with Gasteiger partial charge in [0, 0.05) is 19.3 Å². The fourth-order valence-electron chi connectivity index (χ4n) is 5.32. The van der Waals surface area contributed by atoms with E-state index in [0.29, 0.717) is 22.3 Å². The number of hydrogen-bond acceptors (Lipinski definition) is 13. The highest BCUT2D eigenvalue weighted by molar-refractivity contribution is 7.59. The maximum Gasteiger partial charge on any atom is 0.408 e. The molecule has 0 radical (unpaired) electrons. The second-order valence-corrected chi connectivity index (χ2v) is 14.4. The number of rotatable bonds is 15. The van der Waals surface area contributed by atoms with Crippen molar-refractivity contribution in [3.63, 3.8) is 0 Å². The van der Waals surface area contributed by atoms with Crippen LogP contribution in [0.3, 0.4) is 0 Å². The number of carboxylic acids is 2. The zero-order valence-electron chi connectivity index (χ0n) is 33.7. The lowest BCUT2D eigenvalue weighted by Gasteiger charge is -2.24. The molecule has 0 saturated carbocycles. The van der Waals surface area contributed by atoms with Crippen LogP contribution in [0.4, 0.5) is 4.79 Å². The third-order valence-electron chi connectivity index (χ3n) is 8.30. The topological polar surface area (TPSA) is 319 Å². The van der Waals surface area contributed by atoms with Gasteiger partial charge in [-0.1, -0.05) is 36.4 Å². The highest BCUT2D eigenvalue weighted by atomic mass is 35.5. The first-order chi connectivity index (χ1) is 27.6. The number of amides is 3. The molecule has 62 heavy (non-hydrogen) atoms. The van der Waals surface area contributed by atoms with Crippen LogP contribution in [0.25, 0.3) is 0 Å². The summed E-state index contributed by atoms with van der Waals surface area (Å²) in [5, 5.41) is 82.7. The number of alkyl carbamates (subject to hydrolysis) is 1. The quantitative estimate of drug-likeness (QED) is 0.0762. The summed E-state index contributed by atoms with van der Waals surface area (Å²) in [7, 11) is 0. The normalized spacial score (nSPS) is 12.3. The van der Waals surface area contributed by atoms with Crippen LogP contribution in [-0.4, -0.2) is 100 Å². The van der Waals surface area contributed by atoms with Crippen LogP contribution in [0, 0.1) is 0 Å². The maximum atomic E-state index is 13.0. The molecule has 0 fully saturated rings. The van der Waals surface area contributed by atoms with Crippen LogP contribution in [0.5, 0.6) is 34.5 Å². The van der Waals surface area contributed by atoms with Crippen LogP contribution in [-0.2, 0) is 49.6 Å². The molecule has 4 aromatic carbocycles. The molecule has 0 spiro atoms. The number of hydrogen-bond donors (Lipinski definition) is 12. The van der Waals surface area contributed by atoms with E-state index >= 15 is 0 Å². The molecule has 3 amide bonds. The minimum Gasteiger partial charge on any atom is -0.508 e. The molecule has 13 N–H and O–H groups in total. The van der Waals surface area contributed by atoms with Gasteiger partial charge >= 0.3 is 18.0 Å². The zero-order valence-corrected chi connectivity index (χ0v) is 36.6. The molecular formula is C41H53ClN4O14S2. The molecule has 0 aromatic heterocycles. The monoisotopic (exact) mass is 924 g/mol. The average molecular weight is 925 g/mol. The van der Waals surface area contributed by atoms with E-state index in [1.54, 1.807) is 32.9 Å². The van der Waals surface area contributed by atoms with E-state index in [1.807, 2.05) is 0 Å². The molecule has 0 unspecified atom stereocenters. The lowest BCUT2D eigenvalue weighted by Crippen LogP contribution is -2.53. The third-order valence-corrected chi connectivity index (χ3v) is 8.30. The summed E-state index contributed by atoms with van der Waals surface area (Å²) in [5.41, 5.74) is 7.12. The Hall–Kier alpha value is -6.22.